The summed E-state index contributed by atoms with van der Waals surface area (Å²) in [6, 6.07) is 3.27. The molecule has 1 amide bonds. The molecule has 0 aliphatic carbocycles. The topological polar surface area (TPSA) is 41.6 Å². The van der Waals surface area contributed by atoms with E-state index in [1.807, 2.05) is 4.90 Å². The van der Waals surface area contributed by atoms with Crippen molar-refractivity contribution < 1.29 is 18.3 Å². The van der Waals surface area contributed by atoms with Crippen molar-refractivity contribution in [1.29, 1.82) is 0 Å². The first-order chi connectivity index (χ1) is 11.4. The SMILES string of the molecule is CCNCC1CCN(C(=O)c2cc(C)c(OC(F)F)c(C)c2)CC1.Cl. The van der Waals surface area contributed by atoms with Crippen molar-refractivity contribution in [3.05, 3.63) is 28.8 Å². The number of rotatable bonds is 6. The second kappa shape index (κ2) is 9.92. The third kappa shape index (κ3) is 5.82. The summed E-state index contributed by atoms with van der Waals surface area (Å²) < 4.78 is 29.4. The predicted molar refractivity (Wildman–Crippen MR) is 97.0 cm³/mol. The van der Waals surface area contributed by atoms with Crippen LogP contribution in [0.5, 0.6) is 5.75 Å². The van der Waals surface area contributed by atoms with Gasteiger partial charge in [-0.1, -0.05) is 6.92 Å². The van der Waals surface area contributed by atoms with E-state index in [-0.39, 0.29) is 24.1 Å². The van der Waals surface area contributed by atoms with Gasteiger partial charge >= 0.3 is 6.61 Å². The van der Waals surface area contributed by atoms with Gasteiger partial charge in [-0.25, -0.2) is 0 Å². The molecule has 1 aliphatic rings. The highest BCUT2D eigenvalue weighted by molar-refractivity contribution is 5.95. The average Bonchev–Trinajstić information content (AvgIpc) is 2.55. The lowest BCUT2D eigenvalue weighted by atomic mass is 9.96. The Morgan fingerprint density at radius 2 is 1.84 bits per heavy atom. The first-order valence-corrected chi connectivity index (χ1v) is 8.48. The van der Waals surface area contributed by atoms with Gasteiger partial charge in [0.15, 0.2) is 0 Å². The van der Waals surface area contributed by atoms with Crippen molar-refractivity contribution in [2.75, 3.05) is 26.2 Å². The van der Waals surface area contributed by atoms with Crippen LogP contribution >= 0.6 is 12.4 Å². The zero-order chi connectivity index (χ0) is 17.7. The Kier molecular flexibility index (Phi) is 8.59. The fourth-order valence-corrected chi connectivity index (χ4v) is 3.22. The maximum absolute atomic E-state index is 12.7. The Morgan fingerprint density at radius 3 is 2.32 bits per heavy atom. The monoisotopic (exact) mass is 376 g/mol. The maximum atomic E-state index is 12.7. The Balaban J connectivity index is 0.00000312. The molecule has 0 aromatic heterocycles. The van der Waals surface area contributed by atoms with Crippen LogP contribution < -0.4 is 10.1 Å². The standard InChI is InChI=1S/C18H26F2N2O2.ClH/c1-4-21-11-14-5-7-22(8-6-14)17(23)15-9-12(2)16(13(3)10-15)24-18(19)20;/h9-10,14,18,21H,4-8,11H2,1-3H3;1H. The molecule has 0 spiro atoms. The number of likely N-dealkylation sites (tertiary alicyclic amines) is 1. The first-order valence-electron chi connectivity index (χ1n) is 8.48. The summed E-state index contributed by atoms with van der Waals surface area (Å²) in [7, 11) is 0. The van der Waals surface area contributed by atoms with Gasteiger partial charge in [0.1, 0.15) is 5.75 Å². The molecule has 1 aliphatic heterocycles. The highest BCUT2D eigenvalue weighted by Gasteiger charge is 2.24. The van der Waals surface area contributed by atoms with Gasteiger partial charge in [0.05, 0.1) is 0 Å². The zero-order valence-electron chi connectivity index (χ0n) is 15.0. The van der Waals surface area contributed by atoms with Gasteiger partial charge in [-0.15, -0.1) is 12.4 Å². The summed E-state index contributed by atoms with van der Waals surface area (Å²) >= 11 is 0. The van der Waals surface area contributed by atoms with E-state index in [9.17, 15) is 13.6 Å². The van der Waals surface area contributed by atoms with E-state index in [1.54, 1.807) is 26.0 Å². The minimum atomic E-state index is -2.86. The second-order valence-corrected chi connectivity index (χ2v) is 6.36. The first kappa shape index (κ1) is 21.6. The number of nitrogens with one attached hydrogen (secondary N) is 1. The van der Waals surface area contributed by atoms with E-state index in [1.165, 1.54) is 0 Å². The molecular formula is C18H27ClF2N2O2. The molecule has 0 atom stereocenters. The number of piperidine rings is 1. The number of carbonyl (C=O) groups is 1. The summed E-state index contributed by atoms with van der Waals surface area (Å²) in [4.78, 5) is 14.5. The number of aryl methyl sites for hydroxylation is 2. The largest absolute Gasteiger partial charge is 0.434 e. The van der Waals surface area contributed by atoms with E-state index in [0.717, 1.165) is 39.0 Å². The third-order valence-electron chi connectivity index (χ3n) is 4.50. The lowest BCUT2D eigenvalue weighted by molar-refractivity contribution is -0.0507. The maximum Gasteiger partial charge on any atom is 0.387 e. The van der Waals surface area contributed by atoms with Crippen molar-refractivity contribution in [3.8, 4) is 5.75 Å². The van der Waals surface area contributed by atoms with Gasteiger partial charge in [-0.05, 0) is 69.0 Å². The van der Waals surface area contributed by atoms with Crippen LogP contribution in [0.2, 0.25) is 0 Å². The van der Waals surface area contributed by atoms with Crippen LogP contribution in [-0.2, 0) is 0 Å². The lowest BCUT2D eigenvalue weighted by Gasteiger charge is -2.32. The number of hydrogen-bond acceptors (Lipinski definition) is 3. The van der Waals surface area contributed by atoms with Crippen LogP contribution in [0.25, 0.3) is 0 Å². The molecule has 1 saturated heterocycles. The highest BCUT2D eigenvalue weighted by Crippen LogP contribution is 2.28. The van der Waals surface area contributed by atoms with Crippen molar-refractivity contribution in [2.24, 2.45) is 5.92 Å². The molecule has 0 radical (unpaired) electrons. The van der Waals surface area contributed by atoms with Crippen LogP contribution in [0.4, 0.5) is 8.78 Å². The van der Waals surface area contributed by atoms with Gasteiger partial charge < -0.3 is 15.0 Å². The summed E-state index contributed by atoms with van der Waals surface area (Å²) in [5.41, 5.74) is 1.65. The van der Waals surface area contributed by atoms with Crippen LogP contribution in [-0.4, -0.2) is 43.6 Å². The van der Waals surface area contributed by atoms with Crippen LogP contribution in [0.1, 0.15) is 41.3 Å². The number of amides is 1. The van der Waals surface area contributed by atoms with Crippen molar-refractivity contribution in [1.82, 2.24) is 10.2 Å². The summed E-state index contributed by atoms with van der Waals surface area (Å²) in [6.07, 6.45) is 1.98. The van der Waals surface area contributed by atoms with Gasteiger partial charge in [-0.2, -0.15) is 8.78 Å². The van der Waals surface area contributed by atoms with Crippen molar-refractivity contribution in [3.63, 3.8) is 0 Å². The molecular weight excluding hydrogens is 350 g/mol. The van der Waals surface area contributed by atoms with Gasteiger partial charge in [-0.3, -0.25) is 4.79 Å². The fourth-order valence-electron chi connectivity index (χ4n) is 3.22. The fraction of sp³-hybridized carbons (Fsp3) is 0.611. The lowest BCUT2D eigenvalue weighted by Crippen LogP contribution is -2.40. The molecule has 25 heavy (non-hydrogen) atoms. The van der Waals surface area contributed by atoms with Crippen LogP contribution in [0, 0.1) is 19.8 Å². The highest BCUT2D eigenvalue weighted by atomic mass is 35.5. The third-order valence-corrected chi connectivity index (χ3v) is 4.50. The van der Waals surface area contributed by atoms with Crippen LogP contribution in [0.15, 0.2) is 12.1 Å². The molecule has 7 heteroatoms. The molecule has 0 bridgehead atoms. The van der Waals surface area contributed by atoms with Crippen molar-refractivity contribution in [2.45, 2.75) is 40.2 Å². The number of halogens is 3. The molecule has 1 fully saturated rings. The van der Waals surface area contributed by atoms with E-state index >= 15 is 0 Å². The minimum Gasteiger partial charge on any atom is -0.434 e. The number of ether oxygens (including phenoxy) is 1. The second-order valence-electron chi connectivity index (χ2n) is 6.36. The quantitative estimate of drug-likeness (QED) is 0.821. The number of carbonyl (C=O) groups excluding carboxylic acids is 1. The van der Waals surface area contributed by atoms with E-state index in [2.05, 4.69) is 17.0 Å². The Morgan fingerprint density at radius 1 is 1.28 bits per heavy atom. The molecule has 0 saturated carbocycles. The van der Waals surface area contributed by atoms with Gasteiger partial charge in [0.25, 0.3) is 5.91 Å². The molecule has 2 rings (SSSR count). The molecule has 1 aromatic rings. The molecule has 142 valence electrons. The molecule has 1 aromatic carbocycles. The Labute approximate surface area is 154 Å². The number of nitrogens with zero attached hydrogens (tertiary/aromatic N) is 1. The molecule has 0 unspecified atom stereocenters. The van der Waals surface area contributed by atoms with Gasteiger partial charge in [0.2, 0.25) is 0 Å². The minimum absolute atomic E-state index is 0. The molecule has 1 N–H and O–H groups in total. The number of alkyl halides is 2. The summed E-state index contributed by atoms with van der Waals surface area (Å²) in [5, 5.41) is 3.35. The molecule has 1 heterocycles. The summed E-state index contributed by atoms with van der Waals surface area (Å²) in [6.45, 7) is 6.03. The molecule has 4 nitrogen and oxygen atoms in total. The number of benzene rings is 1. The Hall–Kier alpha value is -1.40. The van der Waals surface area contributed by atoms with E-state index < -0.39 is 6.61 Å². The predicted octanol–water partition coefficient (Wildman–Crippen LogP) is 3.79. The normalized spacial score (nSPS) is 15.2. The Bertz CT molecular complexity index is 553. The van der Waals surface area contributed by atoms with Crippen molar-refractivity contribution >= 4 is 18.3 Å². The number of hydrogen-bond donors (Lipinski definition) is 1. The van der Waals surface area contributed by atoms with Gasteiger partial charge in [0, 0.05) is 18.7 Å². The van der Waals surface area contributed by atoms with E-state index in [0.29, 0.717) is 22.6 Å². The van der Waals surface area contributed by atoms with Crippen LogP contribution in [0.3, 0.4) is 0 Å². The van der Waals surface area contributed by atoms with E-state index in [4.69, 9.17) is 0 Å². The summed E-state index contributed by atoms with van der Waals surface area (Å²) in [5.74, 6) is 0.733. The smallest absolute Gasteiger partial charge is 0.387 e. The average molecular weight is 377 g/mol. The zero-order valence-corrected chi connectivity index (χ0v) is 15.8.